The van der Waals surface area contributed by atoms with Crippen LogP contribution in [0, 0.1) is 0 Å². The third kappa shape index (κ3) is 5.56. The van der Waals surface area contributed by atoms with Crippen LogP contribution in [0.2, 0.25) is 0 Å². The number of carbonyl (C=O) groups excluding carboxylic acids is 1. The molecular weight excluding hydrogens is 296 g/mol. The van der Waals surface area contributed by atoms with Gasteiger partial charge in [-0.25, -0.2) is 13.2 Å². The molecule has 106 valence electrons. The van der Waals surface area contributed by atoms with Crippen LogP contribution in [0.25, 0.3) is 0 Å². The van der Waals surface area contributed by atoms with Gasteiger partial charge in [0.25, 0.3) is 9.05 Å². The lowest BCUT2D eigenvalue weighted by atomic mass is 10.2. The fraction of sp³-hybridized carbons (Fsp3) is 0.364. The van der Waals surface area contributed by atoms with Gasteiger partial charge in [0.1, 0.15) is 6.61 Å². The molecule has 1 aromatic carbocycles. The molecule has 1 N–H and O–H groups in total. The van der Waals surface area contributed by atoms with Crippen molar-refractivity contribution in [2.45, 2.75) is 4.90 Å². The second kappa shape index (κ2) is 7.44. The molecule has 0 aliphatic carbocycles. The number of benzene rings is 1. The predicted molar refractivity (Wildman–Crippen MR) is 67.7 cm³/mol. The molecule has 0 amide bonds. The maximum absolute atomic E-state index is 11.6. The van der Waals surface area contributed by atoms with Gasteiger partial charge >= 0.3 is 5.97 Å². The molecule has 0 saturated heterocycles. The van der Waals surface area contributed by atoms with Crippen molar-refractivity contribution in [3.63, 3.8) is 0 Å². The van der Waals surface area contributed by atoms with E-state index in [0.717, 1.165) is 6.07 Å². The predicted octanol–water partition coefficient (Wildman–Crippen LogP) is 0.780. The van der Waals surface area contributed by atoms with Crippen molar-refractivity contribution in [2.24, 2.45) is 0 Å². The minimum absolute atomic E-state index is 0.0106. The topological polar surface area (TPSA) is 89.9 Å². The number of esters is 1. The van der Waals surface area contributed by atoms with Gasteiger partial charge in [-0.3, -0.25) is 0 Å². The molecule has 0 saturated carbocycles. The van der Waals surface area contributed by atoms with Crippen molar-refractivity contribution < 1.29 is 27.8 Å². The molecule has 0 unspecified atom stereocenters. The zero-order chi connectivity index (χ0) is 14.3. The molecule has 0 bridgehead atoms. The molecular formula is C11H13ClO6S. The fourth-order valence-corrected chi connectivity index (χ4v) is 2.01. The minimum Gasteiger partial charge on any atom is -0.460 e. The number of ether oxygens (including phenoxy) is 2. The summed E-state index contributed by atoms with van der Waals surface area (Å²) < 4.78 is 32.0. The molecule has 8 heteroatoms. The van der Waals surface area contributed by atoms with Crippen LogP contribution in [0.4, 0.5) is 0 Å². The van der Waals surface area contributed by atoms with E-state index in [0.29, 0.717) is 0 Å². The summed E-state index contributed by atoms with van der Waals surface area (Å²) in [5, 5.41) is 8.46. The number of carbonyl (C=O) groups is 1. The van der Waals surface area contributed by atoms with Gasteiger partial charge in [0.05, 0.1) is 30.3 Å². The lowest BCUT2D eigenvalue weighted by Gasteiger charge is -2.06. The van der Waals surface area contributed by atoms with Gasteiger partial charge in [0, 0.05) is 10.7 Å². The second-order valence-corrected chi connectivity index (χ2v) is 6.00. The number of aliphatic hydroxyl groups is 1. The third-order valence-electron chi connectivity index (χ3n) is 2.05. The Hall–Kier alpha value is -1.15. The molecule has 0 spiro atoms. The summed E-state index contributed by atoms with van der Waals surface area (Å²) in [5.41, 5.74) is 0.0869. The number of aliphatic hydroxyl groups excluding tert-OH is 1. The Morgan fingerprint density at radius 3 is 2.63 bits per heavy atom. The molecule has 19 heavy (non-hydrogen) atoms. The van der Waals surface area contributed by atoms with Gasteiger partial charge < -0.3 is 14.6 Å². The van der Waals surface area contributed by atoms with Gasteiger partial charge in [-0.15, -0.1) is 0 Å². The second-order valence-electron chi connectivity index (χ2n) is 3.44. The van der Waals surface area contributed by atoms with Crippen LogP contribution in [0.5, 0.6) is 0 Å². The van der Waals surface area contributed by atoms with E-state index in [2.05, 4.69) is 0 Å². The van der Waals surface area contributed by atoms with Gasteiger partial charge in [0.15, 0.2) is 0 Å². The Morgan fingerprint density at radius 1 is 1.26 bits per heavy atom. The van der Waals surface area contributed by atoms with E-state index in [1.165, 1.54) is 18.2 Å². The summed E-state index contributed by atoms with van der Waals surface area (Å²) >= 11 is 0. The van der Waals surface area contributed by atoms with Crippen LogP contribution < -0.4 is 0 Å². The van der Waals surface area contributed by atoms with E-state index in [9.17, 15) is 13.2 Å². The standard InChI is InChI=1S/C11H13ClO6S/c12-19(15,16)10-3-1-2-9(8-10)11(14)18-7-6-17-5-4-13/h1-3,8,13H,4-7H2. The largest absolute Gasteiger partial charge is 0.460 e. The highest BCUT2D eigenvalue weighted by Crippen LogP contribution is 2.16. The summed E-state index contributed by atoms with van der Waals surface area (Å²) in [6.45, 7) is 0.220. The summed E-state index contributed by atoms with van der Waals surface area (Å²) in [6, 6.07) is 5.24. The van der Waals surface area contributed by atoms with Crippen LogP contribution in [0.3, 0.4) is 0 Å². The van der Waals surface area contributed by atoms with Gasteiger partial charge in [-0.1, -0.05) is 6.07 Å². The van der Waals surface area contributed by atoms with E-state index >= 15 is 0 Å². The van der Waals surface area contributed by atoms with Crippen LogP contribution in [0.15, 0.2) is 29.2 Å². The number of hydrogen-bond acceptors (Lipinski definition) is 6. The van der Waals surface area contributed by atoms with Gasteiger partial charge in [-0.05, 0) is 18.2 Å². The minimum atomic E-state index is -3.88. The molecule has 0 heterocycles. The Balaban J connectivity index is 2.58. The van der Waals surface area contributed by atoms with Gasteiger partial charge in [-0.2, -0.15) is 0 Å². The summed E-state index contributed by atoms with van der Waals surface area (Å²) in [6.07, 6.45) is 0. The quantitative estimate of drug-likeness (QED) is 0.455. The number of halogens is 1. The first-order valence-electron chi connectivity index (χ1n) is 5.35. The van der Waals surface area contributed by atoms with Crippen molar-refractivity contribution in [3.8, 4) is 0 Å². The first kappa shape index (κ1) is 15.9. The van der Waals surface area contributed by atoms with Crippen LogP contribution in [-0.2, 0) is 18.5 Å². The van der Waals surface area contributed by atoms with E-state index in [1.54, 1.807) is 0 Å². The van der Waals surface area contributed by atoms with Crippen molar-refractivity contribution >= 4 is 25.7 Å². The lowest BCUT2D eigenvalue weighted by molar-refractivity contribution is 0.0258. The molecule has 0 aromatic heterocycles. The molecule has 1 rings (SSSR count). The first-order valence-corrected chi connectivity index (χ1v) is 7.66. The monoisotopic (exact) mass is 308 g/mol. The number of hydrogen-bond donors (Lipinski definition) is 1. The maximum atomic E-state index is 11.6. The zero-order valence-electron chi connectivity index (χ0n) is 9.91. The Labute approximate surface area is 115 Å². The molecule has 0 atom stereocenters. The average molecular weight is 309 g/mol. The SMILES string of the molecule is O=C(OCCOCCO)c1cccc(S(=O)(=O)Cl)c1. The first-order chi connectivity index (χ1) is 8.95. The Morgan fingerprint density at radius 2 is 2.00 bits per heavy atom. The average Bonchev–Trinajstić information content (AvgIpc) is 2.37. The summed E-state index contributed by atoms with van der Waals surface area (Å²) in [5.74, 6) is -0.672. The molecule has 0 fully saturated rings. The molecule has 0 radical (unpaired) electrons. The third-order valence-corrected chi connectivity index (χ3v) is 3.40. The Bertz CT molecular complexity index is 528. The van der Waals surface area contributed by atoms with E-state index in [1.807, 2.05) is 0 Å². The zero-order valence-corrected chi connectivity index (χ0v) is 11.5. The van der Waals surface area contributed by atoms with Crippen molar-refractivity contribution in [2.75, 3.05) is 26.4 Å². The molecule has 0 aliphatic heterocycles. The fourth-order valence-electron chi connectivity index (χ4n) is 1.22. The highest BCUT2D eigenvalue weighted by atomic mass is 35.7. The van der Waals surface area contributed by atoms with E-state index in [4.69, 9.17) is 25.3 Å². The molecule has 0 aliphatic rings. The Kier molecular flexibility index (Phi) is 6.23. The normalized spacial score (nSPS) is 11.3. The van der Waals surface area contributed by atoms with Crippen LogP contribution in [0.1, 0.15) is 10.4 Å². The van der Waals surface area contributed by atoms with Crippen LogP contribution >= 0.6 is 10.7 Å². The lowest BCUT2D eigenvalue weighted by Crippen LogP contribution is -2.12. The van der Waals surface area contributed by atoms with Crippen molar-refractivity contribution in [1.82, 2.24) is 0 Å². The molecule has 1 aromatic rings. The maximum Gasteiger partial charge on any atom is 0.338 e. The highest BCUT2D eigenvalue weighted by Gasteiger charge is 2.14. The van der Waals surface area contributed by atoms with E-state index in [-0.39, 0.29) is 36.9 Å². The number of rotatable bonds is 7. The van der Waals surface area contributed by atoms with Gasteiger partial charge in [0.2, 0.25) is 0 Å². The summed E-state index contributed by atoms with van der Waals surface area (Å²) in [7, 11) is 1.29. The van der Waals surface area contributed by atoms with Crippen LogP contribution in [-0.4, -0.2) is 45.9 Å². The highest BCUT2D eigenvalue weighted by molar-refractivity contribution is 8.13. The van der Waals surface area contributed by atoms with Crippen molar-refractivity contribution in [1.29, 1.82) is 0 Å². The van der Waals surface area contributed by atoms with Crippen molar-refractivity contribution in [3.05, 3.63) is 29.8 Å². The molecule has 6 nitrogen and oxygen atoms in total. The smallest absolute Gasteiger partial charge is 0.338 e. The summed E-state index contributed by atoms with van der Waals surface area (Å²) in [4.78, 5) is 11.4. The van der Waals surface area contributed by atoms with E-state index < -0.39 is 15.0 Å².